The highest BCUT2D eigenvalue weighted by Crippen LogP contribution is 2.51. The molecule has 3 amide bonds. The minimum atomic E-state index is -4.81. The Bertz CT molecular complexity index is 1170. The van der Waals surface area contributed by atoms with Gasteiger partial charge in [-0.3, -0.25) is 18.9 Å². The number of hydrogen-bond acceptors (Lipinski definition) is 9. The molecule has 0 aliphatic carbocycles. The lowest BCUT2D eigenvalue weighted by Crippen LogP contribution is -2.62. The highest BCUT2D eigenvalue weighted by molar-refractivity contribution is 7.53. The molecular formula is C21H23N2O12PS. The van der Waals surface area contributed by atoms with E-state index < -0.39 is 61.3 Å². The van der Waals surface area contributed by atoms with E-state index in [0.717, 1.165) is 14.2 Å². The number of nitrogens with zero attached hydrogens (tertiary/aromatic N) is 1. The summed E-state index contributed by atoms with van der Waals surface area (Å²) in [6.07, 6.45) is -3.22. The number of carboxylic acid groups (broad SMARTS) is 2. The first-order valence-electron chi connectivity index (χ1n) is 10.2. The number of amides is 3. The summed E-state index contributed by atoms with van der Waals surface area (Å²) in [7, 11) is -2.63. The van der Waals surface area contributed by atoms with Gasteiger partial charge in [-0.15, -0.1) is 0 Å². The zero-order valence-electron chi connectivity index (χ0n) is 19.3. The van der Waals surface area contributed by atoms with Crippen molar-refractivity contribution in [3.63, 3.8) is 0 Å². The predicted molar refractivity (Wildman–Crippen MR) is 125 cm³/mol. The van der Waals surface area contributed by atoms with E-state index in [9.17, 15) is 38.3 Å². The molecule has 2 heterocycles. The second-order valence-corrected chi connectivity index (χ2v) is 9.80. The molecule has 1 saturated heterocycles. The fraction of sp³-hybridized carbons (Fsp3) is 0.286. The van der Waals surface area contributed by atoms with Gasteiger partial charge in [-0.25, -0.2) is 14.5 Å². The first-order chi connectivity index (χ1) is 17.3. The monoisotopic (exact) mass is 558 g/mol. The lowest BCUT2D eigenvalue weighted by atomic mass is 9.91. The normalized spacial score (nSPS) is 16.1. The molecule has 16 heteroatoms. The van der Waals surface area contributed by atoms with Crippen molar-refractivity contribution in [3.8, 4) is 0 Å². The molecule has 0 saturated carbocycles. The van der Waals surface area contributed by atoms with E-state index in [1.54, 1.807) is 22.9 Å². The molecule has 1 aromatic carbocycles. The van der Waals surface area contributed by atoms with Crippen molar-refractivity contribution in [1.82, 2.24) is 10.2 Å². The Balaban J connectivity index is 0.000000263. The minimum absolute atomic E-state index is 0.0820. The third-order valence-corrected chi connectivity index (χ3v) is 6.85. The smallest absolute Gasteiger partial charge is 0.354 e. The number of nitrogens with one attached hydrogen (secondary N) is 1. The van der Waals surface area contributed by atoms with Gasteiger partial charge in [0, 0.05) is 14.2 Å². The summed E-state index contributed by atoms with van der Waals surface area (Å²) in [5.74, 6) is -5.92. The summed E-state index contributed by atoms with van der Waals surface area (Å²) in [6.45, 7) is 0. The largest absolute Gasteiger partial charge is 0.478 e. The maximum absolute atomic E-state index is 11.9. The van der Waals surface area contributed by atoms with Crippen molar-refractivity contribution in [2.45, 2.75) is 24.0 Å². The molecule has 14 nitrogen and oxygen atoms in total. The summed E-state index contributed by atoms with van der Waals surface area (Å²) in [5.41, 5.74) is -1.11. The number of carbonyl (C=O) groups is 5. The number of methoxy groups -OCH3 is 2. The Kier molecular flexibility index (Phi) is 10.2. The van der Waals surface area contributed by atoms with Crippen molar-refractivity contribution in [2.75, 3.05) is 14.2 Å². The molecule has 0 bridgehead atoms. The number of thiophene rings is 1. The molecule has 5 N–H and O–H groups in total. The fourth-order valence-electron chi connectivity index (χ4n) is 3.26. The van der Waals surface area contributed by atoms with Gasteiger partial charge in [0.15, 0.2) is 5.66 Å². The Hall–Kier alpha value is -3.46. The van der Waals surface area contributed by atoms with Crippen LogP contribution in [-0.2, 0) is 38.0 Å². The van der Waals surface area contributed by atoms with Gasteiger partial charge in [0.1, 0.15) is 5.92 Å². The highest BCUT2D eigenvalue weighted by Gasteiger charge is 2.53. The second-order valence-electron chi connectivity index (χ2n) is 7.33. The third-order valence-electron chi connectivity index (χ3n) is 4.95. The third kappa shape index (κ3) is 7.07. The average Bonchev–Trinajstić information content (AvgIpc) is 3.34. The lowest BCUT2D eigenvalue weighted by molar-refractivity contribution is -0.186. The van der Waals surface area contributed by atoms with E-state index in [-0.39, 0.29) is 5.56 Å². The number of hydrogen-bond donors (Lipinski definition) is 5. The molecule has 3 atom stereocenters. The van der Waals surface area contributed by atoms with Crippen LogP contribution in [0, 0.1) is 0 Å². The number of aliphatic carboxylic acids is 2. The number of β-lactam (4-membered cyclic amide) rings is 2. The Morgan fingerprint density at radius 3 is 2.00 bits per heavy atom. The van der Waals surface area contributed by atoms with E-state index in [0.29, 0.717) is 10.5 Å². The molecule has 0 radical (unpaired) electrons. The quantitative estimate of drug-likeness (QED) is 0.115. The van der Waals surface area contributed by atoms with Gasteiger partial charge in [0.25, 0.3) is 0 Å². The maximum atomic E-state index is 11.9. The van der Waals surface area contributed by atoms with Crippen LogP contribution < -0.4 is 5.32 Å². The van der Waals surface area contributed by atoms with E-state index in [1.165, 1.54) is 35.6 Å². The van der Waals surface area contributed by atoms with Gasteiger partial charge in [-0.1, -0.05) is 30.3 Å². The molecule has 1 aromatic heterocycles. The number of ether oxygens (including phenoxy) is 2. The molecule has 2 aromatic rings. The zero-order chi connectivity index (χ0) is 27.9. The van der Waals surface area contributed by atoms with E-state index in [1.807, 2.05) is 5.32 Å². The van der Waals surface area contributed by atoms with Gasteiger partial charge >= 0.3 is 19.5 Å². The maximum Gasteiger partial charge on any atom is 0.354 e. The average molecular weight is 558 g/mol. The van der Waals surface area contributed by atoms with Crippen LogP contribution >= 0.6 is 18.9 Å². The van der Waals surface area contributed by atoms with Crippen molar-refractivity contribution in [3.05, 3.63) is 58.3 Å². The SMILES string of the molecule is COC(C(=O)O)N1C(=O)C(c2ccsc2)C1=O.COC(NC(=O)C(c1ccccc1)P(=O)(O)O)C(=O)O. The van der Waals surface area contributed by atoms with Crippen LogP contribution in [0.5, 0.6) is 0 Å². The molecule has 37 heavy (non-hydrogen) atoms. The van der Waals surface area contributed by atoms with Gasteiger partial charge < -0.3 is 34.8 Å². The Morgan fingerprint density at radius 2 is 1.59 bits per heavy atom. The molecule has 200 valence electrons. The van der Waals surface area contributed by atoms with Gasteiger partial charge in [-0.05, 0) is 28.0 Å². The van der Waals surface area contributed by atoms with Crippen molar-refractivity contribution in [1.29, 1.82) is 0 Å². The number of carboxylic acids is 2. The summed E-state index contributed by atoms with van der Waals surface area (Å²) in [6, 6.07) is 9.04. The molecule has 3 rings (SSSR count). The molecule has 1 aliphatic heterocycles. The van der Waals surface area contributed by atoms with Crippen molar-refractivity contribution >= 4 is 48.6 Å². The Labute approximate surface area is 213 Å². The Morgan fingerprint density at radius 1 is 1.00 bits per heavy atom. The number of imide groups is 1. The molecule has 1 aliphatic rings. The number of benzene rings is 1. The standard InChI is InChI=1S/C11H14NO7P.C10H9NO5S/c1-19-10(11(14)15)12-9(13)8(20(16,17)18)7-5-3-2-4-6-7;1-16-9(10(14)15)11-7(12)6(8(11)13)5-2-3-17-4-5/h2-6,8,10H,1H3,(H,12,13)(H,14,15)(H2,16,17,18);2-4,6,9H,1H3,(H,14,15). The summed E-state index contributed by atoms with van der Waals surface area (Å²) in [5, 5.41) is 22.9. The van der Waals surface area contributed by atoms with Crippen LogP contribution in [0.4, 0.5) is 0 Å². The van der Waals surface area contributed by atoms with Gasteiger partial charge in [-0.2, -0.15) is 11.3 Å². The predicted octanol–water partition coefficient (Wildman–Crippen LogP) is 0.336. The number of likely N-dealkylation sites (tertiary alicyclic amines) is 1. The van der Waals surface area contributed by atoms with Crippen molar-refractivity contribution in [2.24, 2.45) is 0 Å². The van der Waals surface area contributed by atoms with Crippen LogP contribution in [0.2, 0.25) is 0 Å². The van der Waals surface area contributed by atoms with E-state index >= 15 is 0 Å². The molecule has 3 unspecified atom stereocenters. The fourth-order valence-corrected chi connectivity index (χ4v) is 4.89. The second kappa shape index (κ2) is 12.7. The summed E-state index contributed by atoms with van der Waals surface area (Å²) < 4.78 is 20.6. The van der Waals surface area contributed by atoms with E-state index in [2.05, 4.69) is 9.47 Å². The van der Waals surface area contributed by atoms with Crippen LogP contribution in [0.15, 0.2) is 47.2 Å². The van der Waals surface area contributed by atoms with Crippen LogP contribution in [-0.4, -0.2) is 81.2 Å². The topological polar surface area (TPSA) is 217 Å². The molecule has 1 fully saturated rings. The summed E-state index contributed by atoms with van der Waals surface area (Å²) in [4.78, 5) is 76.1. The van der Waals surface area contributed by atoms with Crippen molar-refractivity contribution < 1.29 is 58.0 Å². The first-order valence-corrected chi connectivity index (χ1v) is 12.8. The zero-order valence-corrected chi connectivity index (χ0v) is 21.0. The van der Waals surface area contributed by atoms with E-state index in [4.69, 9.17) is 10.2 Å². The van der Waals surface area contributed by atoms with Gasteiger partial charge in [0.05, 0.1) is 0 Å². The van der Waals surface area contributed by atoms with Gasteiger partial charge in [0.2, 0.25) is 30.2 Å². The minimum Gasteiger partial charge on any atom is -0.478 e. The first kappa shape index (κ1) is 29.8. The lowest BCUT2D eigenvalue weighted by Gasteiger charge is -2.38. The van der Waals surface area contributed by atoms with Crippen LogP contribution in [0.25, 0.3) is 0 Å². The van der Waals surface area contributed by atoms with Crippen LogP contribution in [0.1, 0.15) is 22.7 Å². The highest BCUT2D eigenvalue weighted by atomic mass is 32.1. The number of carbonyl (C=O) groups excluding carboxylic acids is 3. The number of rotatable bonds is 10. The van der Waals surface area contributed by atoms with Crippen LogP contribution in [0.3, 0.4) is 0 Å². The molecular weight excluding hydrogens is 535 g/mol. The molecule has 0 spiro atoms. The summed E-state index contributed by atoms with van der Waals surface area (Å²) >= 11 is 1.37.